The summed E-state index contributed by atoms with van der Waals surface area (Å²) in [4.78, 5) is 0. The van der Waals surface area contributed by atoms with Gasteiger partial charge in [-0.15, -0.1) is 0 Å². The summed E-state index contributed by atoms with van der Waals surface area (Å²) in [6.07, 6.45) is 0. The highest BCUT2D eigenvalue weighted by molar-refractivity contribution is 5.21. The van der Waals surface area contributed by atoms with Gasteiger partial charge in [-0.2, -0.15) is 0 Å². The van der Waals surface area contributed by atoms with Crippen molar-refractivity contribution in [1.82, 2.24) is 0 Å². The molecular weight excluding hydrogens is 144 g/mol. The third kappa shape index (κ3) is 1.50. The molecule has 0 bridgehead atoms. The Bertz CT molecular complexity index is 218. The van der Waals surface area contributed by atoms with Gasteiger partial charge in [0.25, 0.3) is 0 Å². The summed E-state index contributed by atoms with van der Waals surface area (Å²) < 4.78 is 14.7. The van der Waals surface area contributed by atoms with E-state index >= 15 is 0 Å². The van der Waals surface area contributed by atoms with E-state index in [9.17, 15) is 0 Å². The van der Waals surface area contributed by atoms with Crippen LogP contribution in [0.15, 0.2) is 30.3 Å². The summed E-state index contributed by atoms with van der Waals surface area (Å²) in [5.41, 5.74) is 0. The monoisotopic (exact) mass is 151 g/mol. The fourth-order valence-electron chi connectivity index (χ4n) is 0.751. The molecule has 57 valence electrons. The highest BCUT2D eigenvalue weighted by Gasteiger charge is 2.24. The predicted molar refractivity (Wildman–Crippen MR) is 37.4 cm³/mol. The van der Waals surface area contributed by atoms with Gasteiger partial charge in [-0.3, -0.25) is 9.47 Å². The van der Waals surface area contributed by atoms with E-state index in [4.69, 9.17) is 14.2 Å². The first kappa shape index (κ1) is 6.64. The summed E-state index contributed by atoms with van der Waals surface area (Å²) in [6, 6.07) is 9.35. The smallest absolute Gasteiger partial charge is 0.432 e. The molecule has 1 radical (unpaired) electrons. The molecule has 11 heavy (non-hydrogen) atoms. The van der Waals surface area contributed by atoms with Crippen molar-refractivity contribution in [2.24, 2.45) is 0 Å². The topological polar surface area (TPSA) is 27.7 Å². The maximum atomic E-state index is 5.12. The van der Waals surface area contributed by atoms with Crippen LogP contribution in [0.4, 0.5) is 0 Å². The Kier molecular flexibility index (Phi) is 1.75. The minimum absolute atomic E-state index is 0.233. The molecule has 0 atom stereocenters. The van der Waals surface area contributed by atoms with Gasteiger partial charge in [0.15, 0.2) is 6.79 Å². The molecular formula is C8H7O3. The number of ether oxygens (including phenoxy) is 3. The maximum absolute atomic E-state index is 5.12. The van der Waals surface area contributed by atoms with Crippen LogP contribution in [0, 0.1) is 6.48 Å². The van der Waals surface area contributed by atoms with Gasteiger partial charge in [-0.25, -0.2) is 0 Å². The van der Waals surface area contributed by atoms with E-state index in [1.807, 2.05) is 30.3 Å². The summed E-state index contributed by atoms with van der Waals surface area (Å²) in [7, 11) is 0. The standard InChI is InChI=1S/C8H7O3/c1-2-4-7(5-3-1)11-8-9-6-10-8/h1-5H,6H2. The van der Waals surface area contributed by atoms with Crippen LogP contribution >= 0.6 is 0 Å². The van der Waals surface area contributed by atoms with Gasteiger partial charge < -0.3 is 4.74 Å². The van der Waals surface area contributed by atoms with Gasteiger partial charge >= 0.3 is 6.48 Å². The Labute approximate surface area is 64.5 Å². The molecule has 0 unspecified atom stereocenters. The van der Waals surface area contributed by atoms with E-state index in [1.165, 1.54) is 0 Å². The van der Waals surface area contributed by atoms with Crippen molar-refractivity contribution in [3.63, 3.8) is 0 Å². The van der Waals surface area contributed by atoms with Gasteiger partial charge in [0.2, 0.25) is 0 Å². The van der Waals surface area contributed by atoms with Gasteiger partial charge in [0.05, 0.1) is 0 Å². The number of hydrogen-bond donors (Lipinski definition) is 0. The van der Waals surface area contributed by atoms with Crippen LogP contribution in [0.2, 0.25) is 0 Å². The largest absolute Gasteiger partial charge is 0.432 e. The zero-order valence-corrected chi connectivity index (χ0v) is 5.82. The molecule has 0 aliphatic carbocycles. The molecule has 0 saturated carbocycles. The van der Waals surface area contributed by atoms with Crippen molar-refractivity contribution < 1.29 is 14.2 Å². The Morgan fingerprint density at radius 1 is 1.09 bits per heavy atom. The second-order valence-corrected chi connectivity index (χ2v) is 2.07. The van der Waals surface area contributed by atoms with Gasteiger partial charge in [0, 0.05) is 0 Å². The SMILES string of the molecule is c1ccc(O[C]2OCO2)cc1. The highest BCUT2D eigenvalue weighted by Crippen LogP contribution is 2.21. The Balaban J connectivity index is 1.95. The summed E-state index contributed by atoms with van der Waals surface area (Å²) in [5.74, 6) is 0.724. The van der Waals surface area contributed by atoms with Crippen molar-refractivity contribution in [1.29, 1.82) is 0 Å². The first-order valence-electron chi connectivity index (χ1n) is 3.30. The molecule has 1 aromatic carbocycles. The number of hydrogen-bond acceptors (Lipinski definition) is 3. The minimum atomic E-state index is 0.233. The van der Waals surface area contributed by atoms with Gasteiger partial charge in [-0.05, 0) is 12.1 Å². The van der Waals surface area contributed by atoms with Crippen molar-refractivity contribution in [3.05, 3.63) is 36.8 Å². The van der Waals surface area contributed by atoms with E-state index in [0.29, 0.717) is 6.79 Å². The fraction of sp³-hybridized carbons (Fsp3) is 0.125. The summed E-state index contributed by atoms with van der Waals surface area (Å²) in [6.45, 7) is 0.526. The Hall–Kier alpha value is -1.06. The molecule has 2 rings (SSSR count). The lowest BCUT2D eigenvalue weighted by Gasteiger charge is -2.23. The number of rotatable bonds is 2. The van der Waals surface area contributed by atoms with Crippen molar-refractivity contribution in [2.75, 3.05) is 6.79 Å². The minimum Gasteiger partial charge on any atom is -0.432 e. The zero-order chi connectivity index (χ0) is 7.52. The molecule has 3 nitrogen and oxygen atoms in total. The molecule has 0 aromatic heterocycles. The zero-order valence-electron chi connectivity index (χ0n) is 5.82. The first-order chi connectivity index (χ1) is 5.45. The first-order valence-corrected chi connectivity index (χ1v) is 3.30. The second-order valence-electron chi connectivity index (χ2n) is 2.07. The van der Waals surface area contributed by atoms with Gasteiger partial charge in [0.1, 0.15) is 5.75 Å². The lowest BCUT2D eigenvalue weighted by molar-refractivity contribution is -0.302. The quantitative estimate of drug-likeness (QED) is 0.641. The summed E-state index contributed by atoms with van der Waals surface area (Å²) in [5, 5.41) is 0. The van der Waals surface area contributed by atoms with Crippen LogP contribution in [0.25, 0.3) is 0 Å². The van der Waals surface area contributed by atoms with Gasteiger partial charge in [-0.1, -0.05) is 18.2 Å². The maximum Gasteiger partial charge on any atom is 0.432 e. The van der Waals surface area contributed by atoms with Crippen LogP contribution in [0.3, 0.4) is 0 Å². The molecule has 0 amide bonds. The molecule has 1 fully saturated rings. The molecule has 0 N–H and O–H groups in total. The summed E-state index contributed by atoms with van der Waals surface area (Å²) >= 11 is 0. The van der Waals surface area contributed by atoms with Crippen LogP contribution in [-0.2, 0) is 9.47 Å². The lowest BCUT2D eigenvalue weighted by Crippen LogP contribution is -2.27. The van der Waals surface area contributed by atoms with Crippen LogP contribution in [0.5, 0.6) is 5.75 Å². The normalized spacial score (nSPS) is 17.5. The molecule has 0 spiro atoms. The third-order valence-electron chi connectivity index (χ3n) is 1.30. The average Bonchev–Trinajstić information content (AvgIpc) is 1.99. The van der Waals surface area contributed by atoms with E-state index in [2.05, 4.69) is 0 Å². The van der Waals surface area contributed by atoms with Crippen LogP contribution in [0.1, 0.15) is 0 Å². The number of benzene rings is 1. The van der Waals surface area contributed by atoms with E-state index in [-0.39, 0.29) is 6.48 Å². The molecule has 1 aliphatic rings. The Morgan fingerprint density at radius 3 is 2.36 bits per heavy atom. The molecule has 1 aliphatic heterocycles. The molecule has 1 aromatic rings. The predicted octanol–water partition coefficient (Wildman–Crippen LogP) is 1.52. The number of para-hydroxylation sites is 1. The lowest BCUT2D eigenvalue weighted by atomic mass is 10.3. The van der Waals surface area contributed by atoms with E-state index in [0.717, 1.165) is 5.75 Å². The third-order valence-corrected chi connectivity index (χ3v) is 1.30. The van der Waals surface area contributed by atoms with Crippen LogP contribution in [-0.4, -0.2) is 6.79 Å². The van der Waals surface area contributed by atoms with Crippen molar-refractivity contribution in [3.8, 4) is 5.75 Å². The Morgan fingerprint density at radius 2 is 1.82 bits per heavy atom. The molecule has 1 saturated heterocycles. The van der Waals surface area contributed by atoms with Crippen molar-refractivity contribution in [2.45, 2.75) is 0 Å². The highest BCUT2D eigenvalue weighted by atomic mass is 17.0. The second kappa shape index (κ2) is 2.90. The fourth-order valence-corrected chi connectivity index (χ4v) is 0.751. The van der Waals surface area contributed by atoms with Crippen molar-refractivity contribution >= 4 is 0 Å². The molecule has 3 heteroatoms. The van der Waals surface area contributed by atoms with E-state index in [1.54, 1.807) is 0 Å². The van der Waals surface area contributed by atoms with E-state index < -0.39 is 0 Å². The van der Waals surface area contributed by atoms with Crippen LogP contribution < -0.4 is 4.74 Å². The average molecular weight is 151 g/mol. The molecule has 1 heterocycles.